The summed E-state index contributed by atoms with van der Waals surface area (Å²) in [5, 5.41) is 21.8. The molecule has 1 N–H and O–H groups in total. The van der Waals surface area contributed by atoms with Crippen molar-refractivity contribution in [3.05, 3.63) is 69.8 Å². The Morgan fingerprint density at radius 3 is 2.88 bits per heavy atom. The number of halogens is 1. The molecule has 0 aliphatic rings. The molecule has 0 spiro atoms. The van der Waals surface area contributed by atoms with Gasteiger partial charge in [-0.1, -0.05) is 17.7 Å². The molecule has 0 unspecified atom stereocenters. The van der Waals surface area contributed by atoms with Gasteiger partial charge in [0.15, 0.2) is 5.69 Å². The van der Waals surface area contributed by atoms with Crippen LogP contribution in [0.3, 0.4) is 0 Å². The monoisotopic (exact) mass is 346 g/mol. The fourth-order valence-electron chi connectivity index (χ4n) is 2.00. The van der Waals surface area contributed by atoms with Gasteiger partial charge in [-0.2, -0.15) is 10.2 Å². The zero-order valence-corrected chi connectivity index (χ0v) is 12.9. The SMILES string of the molecule is O=C(Nc1cccc(Cl)c1)c1ccn(Cn2cc([N+](=O)[O-])cn2)n1. The number of amides is 1. The van der Waals surface area contributed by atoms with Crippen molar-refractivity contribution in [3.63, 3.8) is 0 Å². The minimum Gasteiger partial charge on any atom is -0.321 e. The Kier molecular flexibility index (Phi) is 4.25. The van der Waals surface area contributed by atoms with E-state index in [1.54, 1.807) is 30.5 Å². The average molecular weight is 347 g/mol. The molecule has 0 fully saturated rings. The highest BCUT2D eigenvalue weighted by Crippen LogP contribution is 2.15. The lowest BCUT2D eigenvalue weighted by atomic mass is 10.3. The molecule has 10 heteroatoms. The Labute approximate surface area is 140 Å². The van der Waals surface area contributed by atoms with E-state index in [1.165, 1.54) is 21.6 Å². The van der Waals surface area contributed by atoms with Crippen LogP contribution in [0.15, 0.2) is 48.9 Å². The van der Waals surface area contributed by atoms with E-state index >= 15 is 0 Å². The third-order valence-corrected chi connectivity index (χ3v) is 3.31. The molecule has 0 saturated heterocycles. The van der Waals surface area contributed by atoms with E-state index in [1.807, 2.05) is 0 Å². The summed E-state index contributed by atoms with van der Waals surface area (Å²) in [4.78, 5) is 22.2. The van der Waals surface area contributed by atoms with Gasteiger partial charge < -0.3 is 5.32 Å². The van der Waals surface area contributed by atoms with Crippen LogP contribution >= 0.6 is 11.6 Å². The molecule has 1 amide bonds. The molecule has 0 saturated carbocycles. The van der Waals surface area contributed by atoms with Crippen molar-refractivity contribution in [3.8, 4) is 0 Å². The summed E-state index contributed by atoms with van der Waals surface area (Å²) in [6.07, 6.45) is 4.02. The maximum absolute atomic E-state index is 12.1. The predicted octanol–water partition coefficient (Wildman–Crippen LogP) is 2.40. The minimum absolute atomic E-state index is 0.110. The highest BCUT2D eigenvalue weighted by Gasteiger charge is 2.12. The molecule has 0 atom stereocenters. The third kappa shape index (κ3) is 3.58. The number of carbonyl (C=O) groups is 1. The molecule has 1 aromatic carbocycles. The largest absolute Gasteiger partial charge is 0.321 e. The van der Waals surface area contributed by atoms with Crippen molar-refractivity contribution in [1.29, 1.82) is 0 Å². The number of hydrogen-bond donors (Lipinski definition) is 1. The Morgan fingerprint density at radius 2 is 2.17 bits per heavy atom. The molecule has 24 heavy (non-hydrogen) atoms. The van der Waals surface area contributed by atoms with E-state index in [4.69, 9.17) is 11.6 Å². The van der Waals surface area contributed by atoms with Crippen molar-refractivity contribution < 1.29 is 9.72 Å². The molecule has 2 aromatic heterocycles. The summed E-state index contributed by atoms with van der Waals surface area (Å²) < 4.78 is 2.80. The van der Waals surface area contributed by atoms with E-state index in [9.17, 15) is 14.9 Å². The van der Waals surface area contributed by atoms with Crippen LogP contribution in [0.25, 0.3) is 0 Å². The van der Waals surface area contributed by atoms with Crippen LogP contribution < -0.4 is 5.32 Å². The number of hydrogen-bond acceptors (Lipinski definition) is 5. The van der Waals surface area contributed by atoms with Crippen molar-refractivity contribution in [2.75, 3.05) is 5.32 Å². The normalized spacial score (nSPS) is 10.5. The quantitative estimate of drug-likeness (QED) is 0.563. The maximum Gasteiger partial charge on any atom is 0.307 e. The van der Waals surface area contributed by atoms with Crippen LogP contribution in [-0.4, -0.2) is 30.4 Å². The molecule has 3 aromatic rings. The second-order valence-corrected chi connectivity index (χ2v) is 5.28. The summed E-state index contributed by atoms with van der Waals surface area (Å²) in [6, 6.07) is 8.30. The molecule has 3 rings (SSSR count). The van der Waals surface area contributed by atoms with E-state index < -0.39 is 4.92 Å². The van der Waals surface area contributed by atoms with E-state index in [2.05, 4.69) is 15.5 Å². The standard InChI is InChI=1S/C14H11ClN6O3/c15-10-2-1-3-11(6-10)17-14(22)13-4-5-19(18-13)9-20-8-12(7-16-20)21(23)24/h1-8H,9H2,(H,17,22). The van der Waals surface area contributed by atoms with Gasteiger partial charge in [-0.15, -0.1) is 0 Å². The lowest BCUT2D eigenvalue weighted by Crippen LogP contribution is -2.14. The molecule has 0 aliphatic heterocycles. The van der Waals surface area contributed by atoms with Gasteiger partial charge >= 0.3 is 5.69 Å². The van der Waals surface area contributed by atoms with Gasteiger partial charge in [-0.25, -0.2) is 4.68 Å². The number of nitrogens with one attached hydrogen (secondary N) is 1. The fourth-order valence-corrected chi connectivity index (χ4v) is 2.19. The molecule has 122 valence electrons. The predicted molar refractivity (Wildman–Crippen MR) is 85.9 cm³/mol. The first-order chi connectivity index (χ1) is 11.5. The van der Waals surface area contributed by atoms with Crippen molar-refractivity contribution in [2.24, 2.45) is 0 Å². The Balaban J connectivity index is 1.68. The number of nitro groups is 1. The van der Waals surface area contributed by atoms with E-state index in [0.717, 1.165) is 6.20 Å². The Bertz CT molecular complexity index is 903. The van der Waals surface area contributed by atoms with Crippen molar-refractivity contribution in [1.82, 2.24) is 19.6 Å². The van der Waals surface area contributed by atoms with Gasteiger partial charge in [-0.05, 0) is 24.3 Å². The molecule has 9 nitrogen and oxygen atoms in total. The van der Waals surface area contributed by atoms with E-state index in [0.29, 0.717) is 10.7 Å². The molecular formula is C14H11ClN6O3. The number of benzene rings is 1. The van der Waals surface area contributed by atoms with Gasteiger partial charge in [0, 0.05) is 16.9 Å². The number of anilines is 1. The summed E-state index contributed by atoms with van der Waals surface area (Å²) >= 11 is 5.86. The molecular weight excluding hydrogens is 336 g/mol. The zero-order valence-electron chi connectivity index (χ0n) is 12.2. The second kappa shape index (κ2) is 6.50. The minimum atomic E-state index is -0.531. The number of carbonyl (C=O) groups excluding carboxylic acids is 1. The zero-order chi connectivity index (χ0) is 17.1. The maximum atomic E-state index is 12.1. The summed E-state index contributed by atoms with van der Waals surface area (Å²) in [5.41, 5.74) is 0.655. The third-order valence-electron chi connectivity index (χ3n) is 3.08. The van der Waals surface area contributed by atoms with Crippen LogP contribution in [0.1, 0.15) is 10.5 Å². The number of rotatable bonds is 5. The molecule has 0 bridgehead atoms. The Morgan fingerprint density at radius 1 is 1.33 bits per heavy atom. The first-order valence-electron chi connectivity index (χ1n) is 6.78. The smallest absolute Gasteiger partial charge is 0.307 e. The number of aromatic nitrogens is 4. The van der Waals surface area contributed by atoms with Crippen LogP contribution in [0.5, 0.6) is 0 Å². The Hall–Kier alpha value is -3.20. The molecule has 0 radical (unpaired) electrons. The van der Waals surface area contributed by atoms with Gasteiger partial charge in [0.05, 0.1) is 4.92 Å². The van der Waals surface area contributed by atoms with Crippen molar-refractivity contribution in [2.45, 2.75) is 6.67 Å². The van der Waals surface area contributed by atoms with Crippen LogP contribution in [0, 0.1) is 10.1 Å². The summed E-state index contributed by atoms with van der Waals surface area (Å²) in [5.74, 6) is -0.387. The highest BCUT2D eigenvalue weighted by molar-refractivity contribution is 6.30. The topological polar surface area (TPSA) is 108 Å². The van der Waals surface area contributed by atoms with E-state index in [-0.39, 0.29) is 24.0 Å². The first-order valence-corrected chi connectivity index (χ1v) is 7.16. The first kappa shape index (κ1) is 15.7. The lowest BCUT2D eigenvalue weighted by molar-refractivity contribution is -0.385. The summed E-state index contributed by atoms with van der Waals surface area (Å²) in [6.45, 7) is 0.151. The summed E-state index contributed by atoms with van der Waals surface area (Å²) in [7, 11) is 0. The van der Waals surface area contributed by atoms with Crippen LogP contribution in [-0.2, 0) is 6.67 Å². The van der Waals surface area contributed by atoms with Gasteiger partial charge in [0.2, 0.25) is 0 Å². The van der Waals surface area contributed by atoms with Crippen LogP contribution in [0.4, 0.5) is 11.4 Å². The lowest BCUT2D eigenvalue weighted by Gasteiger charge is -2.03. The highest BCUT2D eigenvalue weighted by atomic mass is 35.5. The van der Waals surface area contributed by atoms with Crippen LogP contribution in [0.2, 0.25) is 5.02 Å². The number of nitrogens with zero attached hydrogens (tertiary/aromatic N) is 5. The average Bonchev–Trinajstić information content (AvgIpc) is 3.17. The van der Waals surface area contributed by atoms with Crippen molar-refractivity contribution >= 4 is 28.9 Å². The second-order valence-electron chi connectivity index (χ2n) is 4.84. The van der Waals surface area contributed by atoms with Gasteiger partial charge in [0.1, 0.15) is 19.1 Å². The fraction of sp³-hybridized carbons (Fsp3) is 0.0714. The van der Waals surface area contributed by atoms with Gasteiger partial charge in [0.25, 0.3) is 5.91 Å². The molecule has 0 aliphatic carbocycles. The van der Waals surface area contributed by atoms with Gasteiger partial charge in [-0.3, -0.25) is 19.6 Å². The molecule has 2 heterocycles.